The van der Waals surface area contributed by atoms with Crippen LogP contribution < -0.4 is 10.7 Å². The van der Waals surface area contributed by atoms with E-state index in [1.807, 2.05) is 47.2 Å². The second-order valence-corrected chi connectivity index (χ2v) is 9.13. The van der Waals surface area contributed by atoms with Crippen LogP contribution in [0.15, 0.2) is 52.3 Å². The molecule has 30 heavy (non-hydrogen) atoms. The molecule has 4 rings (SSSR count). The molecule has 4 aromatic rings. The average Bonchev–Trinajstić information content (AvgIpc) is 3.48. The van der Waals surface area contributed by atoms with E-state index in [1.54, 1.807) is 23.2 Å². The third kappa shape index (κ3) is 4.11. The highest BCUT2D eigenvalue weighted by Gasteiger charge is 2.20. The summed E-state index contributed by atoms with van der Waals surface area (Å²) in [7, 11) is 0. The van der Waals surface area contributed by atoms with Gasteiger partial charge in [0, 0.05) is 18.1 Å². The molecule has 3 aromatic heterocycles. The summed E-state index contributed by atoms with van der Waals surface area (Å²) in [6.45, 7) is 3.64. The fraction of sp³-hybridized carbons (Fsp3) is 0.200. The van der Waals surface area contributed by atoms with Gasteiger partial charge in [-0.05, 0) is 29.5 Å². The number of thiophene rings is 1. The Bertz CT molecular complexity index is 1150. The minimum Gasteiger partial charge on any atom is -0.335 e. The maximum absolute atomic E-state index is 12.4. The van der Waals surface area contributed by atoms with Crippen LogP contribution in [0.3, 0.4) is 0 Å². The number of nitrogen functional groups attached to an aromatic ring is 1. The zero-order chi connectivity index (χ0) is 21.1. The maximum Gasteiger partial charge on any atom is 0.230 e. The van der Waals surface area contributed by atoms with Crippen molar-refractivity contribution in [2.45, 2.75) is 31.2 Å². The average molecular weight is 457 g/mol. The topological polar surface area (TPSA) is 89.9 Å². The molecule has 0 spiro atoms. The quantitative estimate of drug-likeness (QED) is 0.320. The molecule has 0 unspecified atom stereocenters. The number of carbonyl (C=O) groups excluding carboxylic acids is 1. The molecule has 0 atom stereocenters. The summed E-state index contributed by atoms with van der Waals surface area (Å²) < 4.78 is 1.50. The molecule has 0 bridgehead atoms. The second kappa shape index (κ2) is 8.99. The highest BCUT2D eigenvalue weighted by atomic mass is 32.2. The van der Waals surface area contributed by atoms with Crippen LogP contribution in [0, 0.1) is 0 Å². The molecule has 0 aliphatic rings. The van der Waals surface area contributed by atoms with Crippen LogP contribution in [0.25, 0.3) is 10.7 Å². The molecule has 1 aromatic carbocycles. The van der Waals surface area contributed by atoms with Crippen molar-refractivity contribution in [3.8, 4) is 10.7 Å². The van der Waals surface area contributed by atoms with Crippen LogP contribution in [-0.2, 0) is 17.0 Å². The van der Waals surface area contributed by atoms with E-state index < -0.39 is 0 Å². The molecule has 3 heterocycles. The molecule has 10 heteroatoms. The van der Waals surface area contributed by atoms with Gasteiger partial charge < -0.3 is 5.84 Å². The number of nitrogens with zero attached hydrogens (tertiary/aromatic N) is 5. The molecule has 2 N–H and O–H groups in total. The molecule has 0 radical (unpaired) electrons. The van der Waals surface area contributed by atoms with Crippen molar-refractivity contribution in [1.29, 1.82) is 0 Å². The predicted molar refractivity (Wildman–Crippen MR) is 124 cm³/mol. The lowest BCUT2D eigenvalue weighted by molar-refractivity contribution is -0.115. The minimum absolute atomic E-state index is 0.0632. The molecule has 1 amide bonds. The number of benzene rings is 1. The Morgan fingerprint density at radius 1 is 1.20 bits per heavy atom. The first-order valence-electron chi connectivity index (χ1n) is 9.28. The molecular weight excluding hydrogens is 436 g/mol. The molecule has 0 saturated carbocycles. The van der Waals surface area contributed by atoms with Crippen LogP contribution in [-0.4, -0.2) is 25.8 Å². The molecule has 154 valence electrons. The minimum atomic E-state index is -0.0632. The third-order valence-electron chi connectivity index (χ3n) is 4.41. The highest BCUT2D eigenvalue weighted by Crippen LogP contribution is 2.33. The third-order valence-corrected chi connectivity index (χ3v) is 7.13. The molecule has 7 nitrogen and oxygen atoms in total. The number of amides is 1. The first-order valence-corrected chi connectivity index (χ1v) is 12.0. The summed E-state index contributed by atoms with van der Waals surface area (Å²) in [5, 5.41) is 13.6. The van der Waals surface area contributed by atoms with Gasteiger partial charge in [0.15, 0.2) is 11.0 Å². The number of nitrogens with two attached hydrogens (primary N) is 1. The zero-order valence-electron chi connectivity index (χ0n) is 16.5. The fourth-order valence-electron chi connectivity index (χ4n) is 2.99. The number of aromatic nitrogens is 4. The Morgan fingerprint density at radius 2 is 2.03 bits per heavy atom. The summed E-state index contributed by atoms with van der Waals surface area (Å²) in [5.74, 6) is 7.33. The first kappa shape index (κ1) is 20.6. The molecular formula is C20H20N6OS3. The van der Waals surface area contributed by atoms with Crippen molar-refractivity contribution in [3.05, 3.63) is 58.4 Å². The monoisotopic (exact) mass is 456 g/mol. The second-order valence-electron chi connectivity index (χ2n) is 6.40. The fourth-order valence-corrected chi connectivity index (χ4v) is 5.43. The van der Waals surface area contributed by atoms with E-state index in [-0.39, 0.29) is 5.91 Å². The SMILES string of the molecule is CCc1ccccc1N(C(C)=O)c1nc(CSc2nnc(-c3cccs3)n2N)cs1. The van der Waals surface area contributed by atoms with Crippen molar-refractivity contribution in [2.24, 2.45) is 0 Å². The van der Waals surface area contributed by atoms with Gasteiger partial charge in [0.1, 0.15) is 0 Å². The van der Waals surface area contributed by atoms with Crippen molar-refractivity contribution >= 4 is 51.2 Å². The maximum atomic E-state index is 12.4. The van der Waals surface area contributed by atoms with Crippen LogP contribution in [0.2, 0.25) is 0 Å². The Balaban J connectivity index is 1.52. The Hall–Kier alpha value is -2.69. The van der Waals surface area contributed by atoms with Gasteiger partial charge in [-0.1, -0.05) is 43.0 Å². The number of anilines is 2. The van der Waals surface area contributed by atoms with E-state index in [0.717, 1.165) is 28.2 Å². The number of thioether (sulfide) groups is 1. The Kier molecular flexibility index (Phi) is 6.16. The van der Waals surface area contributed by atoms with E-state index in [9.17, 15) is 4.79 Å². The number of aryl methyl sites for hydroxylation is 1. The van der Waals surface area contributed by atoms with E-state index in [0.29, 0.717) is 21.9 Å². The van der Waals surface area contributed by atoms with Crippen LogP contribution in [0.5, 0.6) is 0 Å². The largest absolute Gasteiger partial charge is 0.335 e. The van der Waals surface area contributed by atoms with Crippen LogP contribution in [0.1, 0.15) is 25.1 Å². The van der Waals surface area contributed by atoms with E-state index in [4.69, 9.17) is 10.8 Å². The van der Waals surface area contributed by atoms with Crippen molar-refractivity contribution in [3.63, 3.8) is 0 Å². The summed E-state index contributed by atoms with van der Waals surface area (Å²) in [5.41, 5.74) is 2.85. The molecule has 0 aliphatic heterocycles. The zero-order valence-corrected chi connectivity index (χ0v) is 18.9. The number of hydrogen-bond acceptors (Lipinski definition) is 8. The van der Waals surface area contributed by atoms with Gasteiger partial charge in [0.25, 0.3) is 0 Å². The number of carbonyl (C=O) groups is 1. The van der Waals surface area contributed by atoms with Gasteiger partial charge in [0.05, 0.1) is 16.3 Å². The lowest BCUT2D eigenvalue weighted by Crippen LogP contribution is -2.23. The van der Waals surface area contributed by atoms with Crippen LogP contribution in [0.4, 0.5) is 10.8 Å². The van der Waals surface area contributed by atoms with Crippen molar-refractivity contribution in [2.75, 3.05) is 10.7 Å². The lowest BCUT2D eigenvalue weighted by Gasteiger charge is -2.20. The summed E-state index contributed by atoms with van der Waals surface area (Å²) >= 11 is 4.48. The normalized spacial score (nSPS) is 11.0. The number of para-hydroxylation sites is 1. The van der Waals surface area contributed by atoms with Crippen LogP contribution >= 0.6 is 34.4 Å². The molecule has 0 fully saturated rings. The summed E-state index contributed by atoms with van der Waals surface area (Å²) in [6.07, 6.45) is 0.840. The van der Waals surface area contributed by atoms with Gasteiger partial charge in [-0.3, -0.25) is 9.69 Å². The smallest absolute Gasteiger partial charge is 0.230 e. The number of rotatable bonds is 7. The lowest BCUT2D eigenvalue weighted by atomic mass is 10.1. The molecule has 0 aliphatic carbocycles. The summed E-state index contributed by atoms with van der Waals surface area (Å²) in [6, 6.07) is 11.8. The first-order chi connectivity index (χ1) is 14.6. The predicted octanol–water partition coefficient (Wildman–Crippen LogP) is 4.72. The highest BCUT2D eigenvalue weighted by molar-refractivity contribution is 7.98. The Labute approximate surface area is 186 Å². The van der Waals surface area contributed by atoms with Gasteiger partial charge in [0.2, 0.25) is 11.1 Å². The standard InChI is InChI=1S/C20H20N6OS3/c1-3-14-7-4-5-8-16(14)25(13(2)27)19-22-15(11-29-19)12-30-20-24-23-18(26(20)21)17-9-6-10-28-17/h4-11H,3,12,21H2,1-2H3. The summed E-state index contributed by atoms with van der Waals surface area (Å²) in [4.78, 5) is 19.8. The number of hydrogen-bond donors (Lipinski definition) is 1. The van der Waals surface area contributed by atoms with Gasteiger partial charge in [-0.25, -0.2) is 9.66 Å². The van der Waals surface area contributed by atoms with Gasteiger partial charge in [-0.2, -0.15) is 0 Å². The van der Waals surface area contributed by atoms with Crippen molar-refractivity contribution in [1.82, 2.24) is 19.9 Å². The van der Waals surface area contributed by atoms with E-state index in [2.05, 4.69) is 17.1 Å². The van der Waals surface area contributed by atoms with E-state index in [1.165, 1.54) is 27.8 Å². The molecule has 0 saturated heterocycles. The van der Waals surface area contributed by atoms with Crippen molar-refractivity contribution < 1.29 is 4.79 Å². The van der Waals surface area contributed by atoms with Gasteiger partial charge in [-0.15, -0.1) is 32.9 Å². The Morgan fingerprint density at radius 3 is 2.77 bits per heavy atom. The number of thiazole rings is 1. The van der Waals surface area contributed by atoms with Gasteiger partial charge >= 0.3 is 0 Å². The van der Waals surface area contributed by atoms with E-state index >= 15 is 0 Å².